The summed E-state index contributed by atoms with van der Waals surface area (Å²) in [4.78, 5) is 26.4. The second-order valence-electron chi connectivity index (χ2n) is 6.17. The average Bonchev–Trinajstić information content (AvgIpc) is 2.62. The molecular formula is C19H17BrN4O. The molecule has 0 radical (unpaired) electrons. The second kappa shape index (κ2) is 6.90. The highest BCUT2D eigenvalue weighted by Crippen LogP contribution is 2.20. The molecule has 1 N–H and O–H groups in total. The molecule has 0 atom stereocenters. The van der Waals surface area contributed by atoms with E-state index in [0.717, 1.165) is 40.8 Å². The maximum Gasteiger partial charge on any atom is 0.254 e. The third-order valence-electron chi connectivity index (χ3n) is 4.40. The van der Waals surface area contributed by atoms with Crippen LogP contribution in [0.1, 0.15) is 16.8 Å². The lowest BCUT2D eigenvalue weighted by Gasteiger charge is -2.27. The lowest BCUT2D eigenvalue weighted by atomic mass is 10.1. The number of rotatable bonds is 3. The summed E-state index contributed by atoms with van der Waals surface area (Å²) in [5.74, 6) is 0.607. The van der Waals surface area contributed by atoms with Crippen molar-refractivity contribution in [3.8, 4) is 11.4 Å². The van der Waals surface area contributed by atoms with Crippen molar-refractivity contribution in [2.45, 2.75) is 19.5 Å². The minimum Gasteiger partial charge on any atom is -0.306 e. The summed E-state index contributed by atoms with van der Waals surface area (Å²) in [5, 5.41) is 0. The summed E-state index contributed by atoms with van der Waals surface area (Å²) in [7, 11) is 0. The fourth-order valence-corrected chi connectivity index (χ4v) is 3.62. The highest BCUT2D eigenvalue weighted by Gasteiger charge is 2.21. The van der Waals surface area contributed by atoms with Gasteiger partial charge in [-0.15, -0.1) is 0 Å². The Hall–Kier alpha value is -2.31. The summed E-state index contributed by atoms with van der Waals surface area (Å²) in [5.41, 5.74) is 3.77. The quantitative estimate of drug-likeness (QED) is 0.738. The van der Waals surface area contributed by atoms with E-state index in [0.29, 0.717) is 12.4 Å². The number of nitrogens with one attached hydrogen (secondary N) is 1. The van der Waals surface area contributed by atoms with E-state index in [1.165, 1.54) is 5.56 Å². The summed E-state index contributed by atoms with van der Waals surface area (Å²) >= 11 is 3.52. The molecule has 25 heavy (non-hydrogen) atoms. The molecule has 0 unspecified atom stereocenters. The fraction of sp³-hybridized carbons (Fsp3) is 0.211. The summed E-state index contributed by atoms with van der Waals surface area (Å²) in [6.07, 6.45) is 4.13. The van der Waals surface area contributed by atoms with Crippen molar-refractivity contribution in [3.63, 3.8) is 0 Å². The van der Waals surface area contributed by atoms with Crippen LogP contribution in [0.5, 0.6) is 0 Å². The molecule has 0 bridgehead atoms. The Labute approximate surface area is 153 Å². The van der Waals surface area contributed by atoms with Crippen LogP contribution in [-0.2, 0) is 19.5 Å². The van der Waals surface area contributed by atoms with Gasteiger partial charge in [0.1, 0.15) is 5.82 Å². The zero-order valence-electron chi connectivity index (χ0n) is 13.6. The Morgan fingerprint density at radius 1 is 1.20 bits per heavy atom. The van der Waals surface area contributed by atoms with Crippen LogP contribution in [0.15, 0.2) is 58.1 Å². The van der Waals surface area contributed by atoms with Gasteiger partial charge in [-0.25, -0.2) is 4.98 Å². The van der Waals surface area contributed by atoms with Gasteiger partial charge in [-0.05, 0) is 36.2 Å². The molecule has 1 aromatic carbocycles. The maximum atomic E-state index is 12.4. The van der Waals surface area contributed by atoms with Crippen molar-refractivity contribution in [1.82, 2.24) is 19.9 Å². The third kappa shape index (κ3) is 3.55. The summed E-state index contributed by atoms with van der Waals surface area (Å²) in [6, 6.07) is 12.0. The number of fused-ring (bicyclic) bond motifs is 1. The molecule has 3 aromatic rings. The molecule has 2 aromatic heterocycles. The highest BCUT2D eigenvalue weighted by molar-refractivity contribution is 9.10. The summed E-state index contributed by atoms with van der Waals surface area (Å²) < 4.78 is 1.08. The van der Waals surface area contributed by atoms with Crippen LogP contribution in [0.4, 0.5) is 0 Å². The topological polar surface area (TPSA) is 61.9 Å². The van der Waals surface area contributed by atoms with Crippen molar-refractivity contribution in [3.05, 3.63) is 80.4 Å². The monoisotopic (exact) mass is 396 g/mol. The first-order valence-electron chi connectivity index (χ1n) is 8.18. The molecular weight excluding hydrogens is 380 g/mol. The number of H-pyrrole nitrogens is 1. The number of aromatic nitrogens is 3. The van der Waals surface area contributed by atoms with Gasteiger partial charge in [-0.3, -0.25) is 14.7 Å². The number of aromatic amines is 1. The molecule has 3 heterocycles. The molecule has 126 valence electrons. The first-order valence-corrected chi connectivity index (χ1v) is 8.97. The van der Waals surface area contributed by atoms with E-state index in [1.807, 2.05) is 24.3 Å². The van der Waals surface area contributed by atoms with Gasteiger partial charge < -0.3 is 4.98 Å². The van der Waals surface area contributed by atoms with Gasteiger partial charge in [0.05, 0.1) is 5.69 Å². The van der Waals surface area contributed by atoms with Crippen molar-refractivity contribution >= 4 is 15.9 Å². The second-order valence-corrected chi connectivity index (χ2v) is 7.08. The van der Waals surface area contributed by atoms with E-state index in [1.54, 1.807) is 12.4 Å². The number of halogens is 1. The molecule has 1 aliphatic rings. The smallest absolute Gasteiger partial charge is 0.254 e. The lowest BCUT2D eigenvalue weighted by molar-refractivity contribution is 0.240. The molecule has 0 amide bonds. The number of benzene rings is 1. The van der Waals surface area contributed by atoms with Gasteiger partial charge >= 0.3 is 0 Å². The Morgan fingerprint density at radius 3 is 2.84 bits per heavy atom. The molecule has 0 spiro atoms. The molecule has 0 aliphatic carbocycles. The lowest BCUT2D eigenvalue weighted by Crippen LogP contribution is -2.35. The van der Waals surface area contributed by atoms with Crippen molar-refractivity contribution in [1.29, 1.82) is 0 Å². The van der Waals surface area contributed by atoms with Crippen LogP contribution < -0.4 is 5.56 Å². The van der Waals surface area contributed by atoms with Crippen LogP contribution in [0.2, 0.25) is 0 Å². The van der Waals surface area contributed by atoms with Gasteiger partial charge in [0.25, 0.3) is 5.56 Å². The first kappa shape index (κ1) is 16.2. The Balaban J connectivity index is 1.61. The number of hydrogen-bond donors (Lipinski definition) is 1. The summed E-state index contributed by atoms with van der Waals surface area (Å²) in [6.45, 7) is 2.39. The normalized spacial score (nSPS) is 14.3. The molecule has 1 aliphatic heterocycles. The Morgan fingerprint density at radius 2 is 2.04 bits per heavy atom. The number of pyridine rings is 1. The standard InChI is InChI=1S/C19H17BrN4O/c20-15-3-1-2-13(10-15)11-24-9-6-16-17(12-24)22-18(23-19(16)25)14-4-7-21-8-5-14/h1-5,7-8,10H,6,9,11-12H2,(H,22,23,25). The van der Waals surface area contributed by atoms with Crippen LogP contribution in [0.3, 0.4) is 0 Å². The zero-order valence-corrected chi connectivity index (χ0v) is 15.2. The molecule has 0 fully saturated rings. The molecule has 0 saturated carbocycles. The molecule has 4 rings (SSSR count). The van der Waals surface area contributed by atoms with Crippen molar-refractivity contribution in [2.75, 3.05) is 6.54 Å². The van der Waals surface area contributed by atoms with Gasteiger partial charge in [0, 0.05) is 47.6 Å². The van der Waals surface area contributed by atoms with E-state index >= 15 is 0 Å². The van der Waals surface area contributed by atoms with Crippen LogP contribution in [0, 0.1) is 0 Å². The minimum absolute atomic E-state index is 0.0288. The first-order chi connectivity index (χ1) is 12.2. The highest BCUT2D eigenvalue weighted by atomic mass is 79.9. The molecule has 0 saturated heterocycles. The van der Waals surface area contributed by atoms with Crippen molar-refractivity contribution in [2.24, 2.45) is 0 Å². The predicted octanol–water partition coefficient (Wildman–Crippen LogP) is 3.15. The fourth-order valence-electron chi connectivity index (χ4n) is 3.17. The number of nitrogens with zero attached hydrogens (tertiary/aromatic N) is 3. The molecule has 6 heteroatoms. The molecule has 5 nitrogen and oxygen atoms in total. The third-order valence-corrected chi connectivity index (χ3v) is 4.89. The van der Waals surface area contributed by atoms with Crippen LogP contribution >= 0.6 is 15.9 Å². The van der Waals surface area contributed by atoms with Crippen LogP contribution in [0.25, 0.3) is 11.4 Å². The maximum absolute atomic E-state index is 12.4. The van der Waals surface area contributed by atoms with E-state index < -0.39 is 0 Å². The number of hydrogen-bond acceptors (Lipinski definition) is 4. The predicted molar refractivity (Wildman–Crippen MR) is 100 cm³/mol. The van der Waals surface area contributed by atoms with Crippen molar-refractivity contribution < 1.29 is 0 Å². The average molecular weight is 397 g/mol. The van der Waals surface area contributed by atoms with Gasteiger partial charge in [0.15, 0.2) is 0 Å². The van der Waals surface area contributed by atoms with E-state index in [-0.39, 0.29) is 5.56 Å². The Bertz CT molecular complexity index is 955. The van der Waals surface area contributed by atoms with Gasteiger partial charge in [0.2, 0.25) is 0 Å². The van der Waals surface area contributed by atoms with Gasteiger partial charge in [-0.2, -0.15) is 0 Å². The van der Waals surface area contributed by atoms with E-state index in [4.69, 9.17) is 4.98 Å². The van der Waals surface area contributed by atoms with E-state index in [2.05, 4.69) is 42.9 Å². The van der Waals surface area contributed by atoms with Gasteiger partial charge in [-0.1, -0.05) is 28.1 Å². The zero-order chi connectivity index (χ0) is 17.2. The minimum atomic E-state index is -0.0288. The largest absolute Gasteiger partial charge is 0.306 e. The SMILES string of the molecule is O=c1[nH]c(-c2ccncc2)nc2c1CCN(Cc1cccc(Br)c1)C2. The Kier molecular flexibility index (Phi) is 4.46. The van der Waals surface area contributed by atoms with Crippen LogP contribution in [-0.4, -0.2) is 26.4 Å². The van der Waals surface area contributed by atoms with E-state index in [9.17, 15) is 4.79 Å².